The van der Waals surface area contributed by atoms with Crippen LogP contribution in [0.5, 0.6) is 0 Å². The van der Waals surface area contributed by atoms with Crippen LogP contribution >= 0.6 is 11.8 Å². The number of aliphatic carboxylic acids is 1. The maximum atomic E-state index is 13.6. The summed E-state index contributed by atoms with van der Waals surface area (Å²) in [6, 6.07) is 22.1. The fourth-order valence-corrected chi connectivity index (χ4v) is 5.88. The molecular formula is C29H32N2O5S. The monoisotopic (exact) mass is 520 g/mol. The van der Waals surface area contributed by atoms with Crippen LogP contribution < -0.4 is 5.32 Å². The van der Waals surface area contributed by atoms with Crippen LogP contribution in [-0.4, -0.2) is 64.6 Å². The normalized spacial score (nSPS) is 18.8. The molecule has 1 fully saturated rings. The molecule has 0 bridgehead atoms. The summed E-state index contributed by atoms with van der Waals surface area (Å²) in [5, 5.41) is 15.1. The molecule has 3 atom stereocenters. The smallest absolute Gasteiger partial charge is 0.323 e. The molecule has 0 spiro atoms. The molecule has 3 aromatic carbocycles. The van der Waals surface area contributed by atoms with Gasteiger partial charge in [0.05, 0.1) is 18.7 Å². The molecule has 1 aliphatic heterocycles. The SMILES string of the molecule is CCOC(=O)C(CCc1ccc2ccccc2c1)NC1CSCC(c2ccccc2)N(CC(=O)O)C1=O. The summed E-state index contributed by atoms with van der Waals surface area (Å²) < 4.78 is 5.33. The van der Waals surface area contributed by atoms with E-state index < -0.39 is 30.6 Å². The van der Waals surface area contributed by atoms with Crippen LogP contribution in [-0.2, 0) is 25.5 Å². The van der Waals surface area contributed by atoms with Crippen LogP contribution in [0.15, 0.2) is 72.8 Å². The molecule has 8 heteroatoms. The van der Waals surface area contributed by atoms with Crippen LogP contribution in [0, 0.1) is 0 Å². The van der Waals surface area contributed by atoms with Crippen molar-refractivity contribution in [2.45, 2.75) is 37.9 Å². The summed E-state index contributed by atoms with van der Waals surface area (Å²) in [5.41, 5.74) is 1.98. The molecule has 1 amide bonds. The second-order valence-electron chi connectivity index (χ2n) is 9.07. The lowest BCUT2D eigenvalue weighted by atomic mass is 10.0. The minimum atomic E-state index is -1.07. The lowest BCUT2D eigenvalue weighted by Gasteiger charge is -2.31. The molecule has 0 aromatic heterocycles. The zero-order valence-corrected chi connectivity index (χ0v) is 21.7. The van der Waals surface area contributed by atoms with E-state index in [4.69, 9.17) is 4.74 Å². The first kappa shape index (κ1) is 26.7. The van der Waals surface area contributed by atoms with Gasteiger partial charge in [-0.25, -0.2) is 0 Å². The second-order valence-corrected chi connectivity index (χ2v) is 10.1. The van der Waals surface area contributed by atoms with E-state index in [9.17, 15) is 19.5 Å². The van der Waals surface area contributed by atoms with Gasteiger partial charge in [0.15, 0.2) is 0 Å². The highest BCUT2D eigenvalue weighted by Gasteiger charge is 2.37. The van der Waals surface area contributed by atoms with Crippen molar-refractivity contribution in [1.82, 2.24) is 10.2 Å². The average Bonchev–Trinajstić information content (AvgIpc) is 3.05. The van der Waals surface area contributed by atoms with E-state index >= 15 is 0 Å². The quantitative estimate of drug-likeness (QED) is 0.389. The third-order valence-corrected chi connectivity index (χ3v) is 7.64. The standard InChI is InChI=1S/C29H32N2O5S/c1-2-36-29(35)24(15-13-20-12-14-21-8-6-7-11-23(21)16-20)30-25-18-37-19-26(22-9-4-3-5-10-22)31(28(25)34)17-27(32)33/h3-12,14,16,24-26,30H,2,13,15,17-19H2,1H3,(H,32,33). The van der Waals surface area contributed by atoms with E-state index in [0.717, 1.165) is 21.9 Å². The van der Waals surface area contributed by atoms with Gasteiger partial charge in [0.1, 0.15) is 12.6 Å². The Bertz CT molecular complexity index is 1240. The number of amides is 1. The summed E-state index contributed by atoms with van der Waals surface area (Å²) in [6.07, 6.45) is 1.08. The fraction of sp³-hybridized carbons (Fsp3) is 0.345. The Morgan fingerprint density at radius 2 is 1.78 bits per heavy atom. The number of carbonyl (C=O) groups excluding carboxylic acids is 2. The maximum Gasteiger partial charge on any atom is 0.323 e. The van der Waals surface area contributed by atoms with E-state index in [0.29, 0.717) is 24.3 Å². The maximum absolute atomic E-state index is 13.6. The largest absolute Gasteiger partial charge is 0.480 e. The van der Waals surface area contributed by atoms with Gasteiger partial charge in [-0.2, -0.15) is 11.8 Å². The number of carbonyl (C=O) groups is 3. The Morgan fingerprint density at radius 1 is 1.05 bits per heavy atom. The van der Waals surface area contributed by atoms with Crippen LogP contribution in [0.25, 0.3) is 10.8 Å². The number of rotatable bonds is 10. The summed E-state index contributed by atoms with van der Waals surface area (Å²) >= 11 is 1.57. The van der Waals surface area contributed by atoms with Gasteiger partial charge >= 0.3 is 11.9 Å². The molecule has 0 aliphatic carbocycles. The van der Waals surface area contributed by atoms with E-state index in [1.807, 2.05) is 42.5 Å². The molecule has 7 nitrogen and oxygen atoms in total. The van der Waals surface area contributed by atoms with Gasteiger partial charge in [-0.1, -0.05) is 72.8 Å². The predicted molar refractivity (Wildman–Crippen MR) is 145 cm³/mol. The topological polar surface area (TPSA) is 95.9 Å². The number of thioether (sulfide) groups is 1. The molecule has 1 saturated heterocycles. The van der Waals surface area contributed by atoms with Crippen LogP contribution in [0.4, 0.5) is 0 Å². The Balaban J connectivity index is 1.52. The Kier molecular flexibility index (Phi) is 9.19. The first-order valence-corrected chi connectivity index (χ1v) is 13.7. The van der Waals surface area contributed by atoms with Crippen molar-refractivity contribution >= 4 is 40.4 Å². The van der Waals surface area contributed by atoms with E-state index in [1.165, 1.54) is 4.90 Å². The molecule has 0 saturated carbocycles. The van der Waals surface area contributed by atoms with Crippen molar-refractivity contribution in [1.29, 1.82) is 0 Å². The predicted octanol–water partition coefficient (Wildman–Crippen LogP) is 4.06. The van der Waals surface area contributed by atoms with Gasteiger partial charge in [-0.15, -0.1) is 0 Å². The number of aryl methyl sites for hydroxylation is 1. The number of benzene rings is 3. The van der Waals surface area contributed by atoms with Crippen LogP contribution in [0.3, 0.4) is 0 Å². The van der Waals surface area contributed by atoms with Crippen molar-refractivity contribution in [3.8, 4) is 0 Å². The lowest BCUT2D eigenvalue weighted by Crippen LogP contribution is -2.54. The van der Waals surface area contributed by atoms with Gasteiger partial charge in [0.2, 0.25) is 5.91 Å². The molecule has 1 heterocycles. The minimum Gasteiger partial charge on any atom is -0.480 e. The van der Waals surface area contributed by atoms with Crippen molar-refractivity contribution in [3.63, 3.8) is 0 Å². The summed E-state index contributed by atoms with van der Waals surface area (Å²) in [6.45, 7) is 1.59. The number of fused-ring (bicyclic) bond motifs is 1. The van der Waals surface area contributed by atoms with Gasteiger partial charge in [0.25, 0.3) is 0 Å². The first-order valence-electron chi connectivity index (χ1n) is 12.5. The third kappa shape index (κ3) is 6.90. The number of ether oxygens (including phenoxy) is 1. The number of carboxylic acids is 1. The van der Waals surface area contributed by atoms with Gasteiger partial charge in [0, 0.05) is 11.5 Å². The number of nitrogens with zero attached hydrogens (tertiary/aromatic N) is 1. The molecule has 1 aliphatic rings. The molecule has 194 valence electrons. The molecule has 0 radical (unpaired) electrons. The third-order valence-electron chi connectivity index (χ3n) is 6.52. The van der Waals surface area contributed by atoms with Gasteiger partial charge in [-0.3, -0.25) is 19.7 Å². The number of hydrogen-bond acceptors (Lipinski definition) is 6. The summed E-state index contributed by atoms with van der Waals surface area (Å²) in [4.78, 5) is 39.6. The Hall–Kier alpha value is -3.36. The zero-order valence-electron chi connectivity index (χ0n) is 20.8. The van der Waals surface area contributed by atoms with Crippen molar-refractivity contribution in [3.05, 3.63) is 83.9 Å². The fourth-order valence-electron chi connectivity index (χ4n) is 4.68. The van der Waals surface area contributed by atoms with Crippen LogP contribution in [0.1, 0.15) is 30.5 Å². The molecular weight excluding hydrogens is 488 g/mol. The number of esters is 1. The Morgan fingerprint density at radius 3 is 2.51 bits per heavy atom. The van der Waals surface area contributed by atoms with Gasteiger partial charge < -0.3 is 14.7 Å². The van der Waals surface area contributed by atoms with Crippen molar-refractivity contribution in [2.24, 2.45) is 0 Å². The summed E-state index contributed by atoms with van der Waals surface area (Å²) in [5.74, 6) is -0.791. The van der Waals surface area contributed by atoms with E-state index in [1.54, 1.807) is 18.7 Å². The molecule has 3 unspecified atom stereocenters. The number of hydrogen-bond donors (Lipinski definition) is 2. The van der Waals surface area contributed by atoms with Crippen LogP contribution in [0.2, 0.25) is 0 Å². The molecule has 4 rings (SSSR count). The molecule has 2 N–H and O–H groups in total. The molecule has 37 heavy (non-hydrogen) atoms. The highest BCUT2D eigenvalue weighted by molar-refractivity contribution is 7.99. The molecule has 3 aromatic rings. The van der Waals surface area contributed by atoms with Crippen molar-refractivity contribution in [2.75, 3.05) is 24.7 Å². The summed E-state index contributed by atoms with van der Waals surface area (Å²) in [7, 11) is 0. The Labute approximate surface area is 221 Å². The number of nitrogens with one attached hydrogen (secondary N) is 1. The van der Waals surface area contributed by atoms with Crippen molar-refractivity contribution < 1.29 is 24.2 Å². The lowest BCUT2D eigenvalue weighted by molar-refractivity contribution is -0.149. The van der Waals surface area contributed by atoms with E-state index in [-0.39, 0.29) is 18.6 Å². The first-order chi connectivity index (χ1) is 18.0. The van der Waals surface area contributed by atoms with E-state index in [2.05, 4.69) is 35.6 Å². The highest BCUT2D eigenvalue weighted by atomic mass is 32.2. The number of carboxylic acid groups (broad SMARTS) is 1. The van der Waals surface area contributed by atoms with Gasteiger partial charge in [-0.05, 0) is 41.7 Å². The second kappa shape index (κ2) is 12.7. The zero-order chi connectivity index (χ0) is 26.2. The highest BCUT2D eigenvalue weighted by Crippen LogP contribution is 2.30. The minimum absolute atomic E-state index is 0.238. The average molecular weight is 521 g/mol.